The van der Waals surface area contributed by atoms with Crippen LogP contribution >= 0.6 is 0 Å². The fourth-order valence-corrected chi connectivity index (χ4v) is 8.07. The Morgan fingerprint density at radius 3 is 1.27 bits per heavy atom. The van der Waals surface area contributed by atoms with Gasteiger partial charge in [-0.25, -0.2) is 19.9 Å². The van der Waals surface area contributed by atoms with Crippen LogP contribution in [0.5, 0.6) is 0 Å². The summed E-state index contributed by atoms with van der Waals surface area (Å²) in [4.78, 5) is 32.0. The van der Waals surface area contributed by atoms with Gasteiger partial charge in [-0.3, -0.25) is 15.0 Å². The highest BCUT2D eigenvalue weighted by atomic mass is 16.5. The Morgan fingerprint density at radius 1 is 0.465 bits per heavy atom. The molecule has 14 heteroatoms. The van der Waals surface area contributed by atoms with E-state index in [1.54, 1.807) is 31.0 Å². The van der Waals surface area contributed by atoms with E-state index in [9.17, 15) is 0 Å². The van der Waals surface area contributed by atoms with Crippen LogP contribution in [0.4, 0.5) is 0 Å². The third kappa shape index (κ3) is 30.4. The highest BCUT2D eigenvalue weighted by Gasteiger charge is 2.26. The molecule has 14 nitrogen and oxygen atoms in total. The van der Waals surface area contributed by atoms with Crippen molar-refractivity contribution in [2.75, 3.05) is 19.6 Å². The van der Waals surface area contributed by atoms with Crippen LogP contribution in [0.1, 0.15) is 251 Å². The number of hydrogen-bond donors (Lipinski definition) is 1. The Hall–Kier alpha value is -10.3. The molecule has 4 aliphatic heterocycles. The predicted molar refractivity (Wildman–Crippen MR) is 412 cm³/mol. The van der Waals surface area contributed by atoms with Crippen molar-refractivity contribution in [3.8, 4) is 111 Å². The molecule has 9 rings (SSSR count). The first kappa shape index (κ1) is 86.7. The van der Waals surface area contributed by atoms with Gasteiger partial charge in [0, 0.05) is 62.7 Å². The van der Waals surface area contributed by atoms with Gasteiger partial charge in [-0.2, -0.15) is 0 Å². The van der Waals surface area contributed by atoms with Gasteiger partial charge in [-0.15, -0.1) is 57.8 Å². The summed E-state index contributed by atoms with van der Waals surface area (Å²) in [5.74, 6) is 25.3. The molecule has 522 valence electrons. The molecule has 9 heterocycles. The van der Waals surface area contributed by atoms with Gasteiger partial charge >= 0.3 is 0 Å². The van der Waals surface area contributed by atoms with E-state index in [2.05, 4.69) is 267 Å². The van der Waals surface area contributed by atoms with E-state index in [-0.39, 0.29) is 48.7 Å². The molecule has 0 bridgehead atoms. The summed E-state index contributed by atoms with van der Waals surface area (Å²) in [5.41, 5.74) is 13.0. The Balaban J connectivity index is 0.000000557. The number of aromatic nitrogens is 6. The number of hydrogen-bond acceptors (Lipinski definition) is 13. The number of nitrogens with zero attached hydrogens (tertiary/aromatic N) is 9. The van der Waals surface area contributed by atoms with Gasteiger partial charge in [0.05, 0.1) is 37.2 Å². The number of oxazole rings is 2. The summed E-state index contributed by atoms with van der Waals surface area (Å²) in [6.07, 6.45) is 62.6. The first-order valence-electron chi connectivity index (χ1n) is 32.5. The van der Waals surface area contributed by atoms with Gasteiger partial charge < -0.3 is 22.9 Å². The van der Waals surface area contributed by atoms with Gasteiger partial charge in [0.2, 0.25) is 0 Å². The van der Waals surface area contributed by atoms with Gasteiger partial charge in [0.1, 0.15) is 41.2 Å². The van der Waals surface area contributed by atoms with Crippen molar-refractivity contribution < 1.29 is 17.9 Å². The molecule has 0 radical (unpaired) electrons. The number of terminal acetylenes is 9. The SMILES string of the molecule is C#CC1=NC(C(C)(C)C)=CC1.C#CC1=NCC(C(C)(C)C)=C1.C#CC1=NCC=C1C(C)(C)C.C#CC1=NCC=C1C(C)(C)C.C#Cc1cc(C(C)(C)C)on1.C#Cc1nc(C(C)(C)C)co1.C#Cc1ncc(C(C)(C)C)[nH]1.C#Cc1ncc(C(C)(C)C)o1.C#Cc1nocc1C(C)(C)C. The molecule has 0 saturated carbocycles. The summed E-state index contributed by atoms with van der Waals surface area (Å²) < 4.78 is 20.0. The molecule has 1 N–H and O–H groups in total. The van der Waals surface area contributed by atoms with Crippen molar-refractivity contribution >= 4 is 22.8 Å². The molecule has 0 saturated heterocycles. The minimum Gasteiger partial charge on any atom is -0.438 e. The van der Waals surface area contributed by atoms with Crippen molar-refractivity contribution in [2.24, 2.45) is 41.6 Å². The molecular weight excluding hydrogens is 1230 g/mol. The van der Waals surface area contributed by atoms with Crippen molar-refractivity contribution in [3.63, 3.8) is 0 Å². The van der Waals surface area contributed by atoms with E-state index in [0.717, 1.165) is 83.1 Å². The molecule has 0 aromatic carbocycles. The number of imidazole rings is 1. The zero-order valence-electron chi connectivity index (χ0n) is 64.4. The molecule has 4 aliphatic rings. The summed E-state index contributed by atoms with van der Waals surface area (Å²) >= 11 is 0. The second-order valence-corrected chi connectivity index (χ2v) is 32.3. The molecule has 0 fully saturated rings. The second-order valence-electron chi connectivity index (χ2n) is 32.3. The number of rotatable bonds is 0. The zero-order valence-corrected chi connectivity index (χ0v) is 64.4. The lowest BCUT2D eigenvalue weighted by atomic mass is 9.84. The van der Waals surface area contributed by atoms with Gasteiger partial charge in [-0.05, 0) is 74.1 Å². The monoisotopic (exact) mass is 1330 g/mol. The van der Waals surface area contributed by atoms with Crippen LogP contribution in [0, 0.1) is 133 Å². The largest absolute Gasteiger partial charge is 0.438 e. The van der Waals surface area contributed by atoms with E-state index in [0.29, 0.717) is 29.0 Å². The summed E-state index contributed by atoms with van der Waals surface area (Å²) in [6, 6.07) is 1.79. The number of nitrogens with one attached hydrogen (secondary N) is 1. The zero-order chi connectivity index (χ0) is 76.3. The molecule has 5 aromatic heterocycles. The summed E-state index contributed by atoms with van der Waals surface area (Å²) in [6.45, 7) is 59.2. The lowest BCUT2D eigenvalue weighted by molar-refractivity contribution is 0.328. The van der Waals surface area contributed by atoms with Crippen molar-refractivity contribution in [2.45, 2.75) is 220 Å². The van der Waals surface area contributed by atoms with Gasteiger partial charge in [0.15, 0.2) is 17.2 Å². The second kappa shape index (κ2) is 36.9. The van der Waals surface area contributed by atoms with Crippen LogP contribution in [-0.4, -0.2) is 72.7 Å². The van der Waals surface area contributed by atoms with Crippen LogP contribution < -0.4 is 0 Å². The van der Waals surface area contributed by atoms with E-state index in [1.807, 2.05) is 47.6 Å². The number of aliphatic imine (C=N–C) groups is 4. The molecule has 0 spiro atoms. The minimum atomic E-state index is -0.0118. The lowest BCUT2D eigenvalue weighted by Crippen LogP contribution is -2.14. The standard InChI is InChI=1S/4C10H13N.C9H12N2.4C9H11NO/c1-5-9-6-8(7-11-9)10(2,3)4;2*1-5-9-8(6-7-11-9)10(2,3)4;1-5-8-6-7-9(11-8)10(2,3)4;1-5-8-10-6-7(11-8)9(2,3)4;1-5-8-10-7(6-11-8)9(2,3)4;1-5-8-10-6-7(11-8)9(2,3)4;1-5-8-7(6-11-10-8)9(2,3)4;1-5-7-6-8(11-10-7)9(2,3)4/h3*1,6H,7H2,2-4H3;1,7H,6H2,2-4H3;1,6H,2-4H3,(H,10,11);4*1,6H,2-4H3. The quantitative estimate of drug-likeness (QED) is 0.148. The van der Waals surface area contributed by atoms with E-state index < -0.39 is 0 Å². The molecule has 0 amide bonds. The van der Waals surface area contributed by atoms with Gasteiger partial charge in [-0.1, -0.05) is 239 Å². The van der Waals surface area contributed by atoms with Crippen LogP contribution in [0.25, 0.3) is 0 Å². The Labute approximate surface area is 595 Å². The number of allylic oxidation sites excluding steroid dienone is 5. The maximum atomic E-state index is 5.30. The summed E-state index contributed by atoms with van der Waals surface area (Å²) in [5, 5.41) is 7.38. The Bertz CT molecular complexity index is 3870. The Morgan fingerprint density at radius 2 is 1.01 bits per heavy atom. The van der Waals surface area contributed by atoms with E-state index >= 15 is 0 Å². The minimum absolute atomic E-state index is 0.0118. The molecule has 0 atom stereocenters. The maximum Gasteiger partial charge on any atom is 0.273 e. The van der Waals surface area contributed by atoms with Crippen molar-refractivity contribution in [1.29, 1.82) is 0 Å². The molecular formula is C85H108N10O4. The van der Waals surface area contributed by atoms with Crippen LogP contribution in [0.2, 0.25) is 0 Å². The van der Waals surface area contributed by atoms with Crippen molar-refractivity contribution in [1.82, 2.24) is 30.2 Å². The highest BCUT2D eigenvalue weighted by molar-refractivity contribution is 6.15. The lowest BCUT2D eigenvalue weighted by Gasteiger charge is -2.19. The molecule has 0 aliphatic carbocycles. The summed E-state index contributed by atoms with van der Waals surface area (Å²) in [7, 11) is 0. The fraction of sp³-hybridized carbons (Fsp3) is 0.471. The van der Waals surface area contributed by atoms with Crippen LogP contribution in [0.3, 0.4) is 0 Å². The number of H-pyrrole nitrogens is 1. The number of aromatic amines is 1. The normalized spacial score (nSPS) is 13.8. The van der Waals surface area contributed by atoms with Crippen molar-refractivity contribution in [3.05, 3.63) is 135 Å². The molecule has 0 unspecified atom stereocenters. The molecule has 5 aromatic rings. The highest BCUT2D eigenvalue weighted by Crippen LogP contribution is 2.33. The first-order chi connectivity index (χ1) is 45.4. The molecule has 99 heavy (non-hydrogen) atoms. The average molecular weight is 1330 g/mol. The third-order valence-corrected chi connectivity index (χ3v) is 14.2. The van der Waals surface area contributed by atoms with E-state index in [1.165, 1.54) is 16.7 Å². The third-order valence-electron chi connectivity index (χ3n) is 14.2. The van der Waals surface area contributed by atoms with E-state index in [4.69, 9.17) is 75.7 Å². The topological polar surface area (TPSA) is 182 Å². The maximum absolute atomic E-state index is 5.30. The fourth-order valence-electron chi connectivity index (χ4n) is 8.07. The van der Waals surface area contributed by atoms with Gasteiger partial charge in [0.25, 0.3) is 11.8 Å². The smallest absolute Gasteiger partial charge is 0.273 e. The average Bonchev–Trinajstić information content (AvgIpc) is 1.78. The predicted octanol–water partition coefficient (Wildman–Crippen LogP) is 18.0. The van der Waals surface area contributed by atoms with Crippen LogP contribution in [0.15, 0.2) is 116 Å². The Kier molecular flexibility index (Phi) is 32.3. The van der Waals surface area contributed by atoms with Crippen LogP contribution in [-0.2, 0) is 27.1 Å². The first-order valence-corrected chi connectivity index (χ1v) is 32.5.